The molecule has 24 heavy (non-hydrogen) atoms. The van der Waals surface area contributed by atoms with Gasteiger partial charge in [-0.3, -0.25) is 0 Å². The molecule has 0 aromatic heterocycles. The molecule has 0 atom stereocenters. The topological polar surface area (TPSA) is 0 Å². The van der Waals surface area contributed by atoms with Gasteiger partial charge in [-0.05, 0) is 0 Å². The predicted octanol–water partition coefficient (Wildman–Crippen LogP) is -0.801. The summed E-state index contributed by atoms with van der Waals surface area (Å²) in [6.07, 6.45) is 0. The molecule has 0 nitrogen and oxygen atoms in total. The SMILES string of the molecule is CC.[Cl-].[Cl-].c1cc[c]([Zr+2][CH]2c3ccccc3-c3ccccc32)cc1. The molecule has 122 valence electrons. The molecule has 0 spiro atoms. The summed E-state index contributed by atoms with van der Waals surface area (Å²) in [6.45, 7) is 4.00. The van der Waals surface area contributed by atoms with Crippen molar-refractivity contribution in [1.82, 2.24) is 0 Å². The van der Waals surface area contributed by atoms with Crippen LogP contribution in [0.4, 0.5) is 0 Å². The summed E-state index contributed by atoms with van der Waals surface area (Å²) in [4.78, 5) is 0. The van der Waals surface area contributed by atoms with Crippen molar-refractivity contribution in [2.24, 2.45) is 0 Å². The molecule has 0 aliphatic heterocycles. The van der Waals surface area contributed by atoms with Crippen molar-refractivity contribution in [3.05, 3.63) is 90.0 Å². The third-order valence-electron chi connectivity index (χ3n) is 3.92. The van der Waals surface area contributed by atoms with E-state index in [4.69, 9.17) is 0 Å². The molecule has 3 aromatic carbocycles. The maximum absolute atomic E-state index is 2.32. The summed E-state index contributed by atoms with van der Waals surface area (Å²) in [5.41, 5.74) is 5.99. The molecule has 0 saturated carbocycles. The first-order valence-corrected chi connectivity index (χ1v) is 10.6. The van der Waals surface area contributed by atoms with E-state index in [0.717, 1.165) is 0 Å². The van der Waals surface area contributed by atoms with Gasteiger partial charge in [0.1, 0.15) is 0 Å². The Morgan fingerprint density at radius 3 is 1.50 bits per heavy atom. The molecule has 0 bridgehead atoms. The summed E-state index contributed by atoms with van der Waals surface area (Å²) in [7, 11) is 0. The molecule has 0 N–H and O–H groups in total. The molecule has 3 aromatic rings. The van der Waals surface area contributed by atoms with Crippen LogP contribution < -0.4 is 28.1 Å². The van der Waals surface area contributed by atoms with Crippen LogP contribution >= 0.6 is 0 Å². The fourth-order valence-corrected chi connectivity index (χ4v) is 6.78. The third kappa shape index (κ3) is 4.20. The van der Waals surface area contributed by atoms with E-state index in [1.807, 2.05) is 13.8 Å². The van der Waals surface area contributed by atoms with Crippen molar-refractivity contribution in [3.8, 4) is 11.1 Å². The van der Waals surface area contributed by atoms with Gasteiger partial charge in [-0.25, -0.2) is 0 Å². The van der Waals surface area contributed by atoms with Crippen molar-refractivity contribution in [2.45, 2.75) is 17.5 Å². The van der Waals surface area contributed by atoms with Crippen LogP contribution in [0.2, 0.25) is 0 Å². The zero-order valence-electron chi connectivity index (χ0n) is 13.8. The van der Waals surface area contributed by atoms with Gasteiger partial charge in [0.2, 0.25) is 0 Å². The van der Waals surface area contributed by atoms with E-state index < -0.39 is 23.2 Å². The summed E-state index contributed by atoms with van der Waals surface area (Å²) in [6, 6.07) is 28.9. The summed E-state index contributed by atoms with van der Waals surface area (Å²) in [5, 5.41) is 0. The van der Waals surface area contributed by atoms with Gasteiger partial charge in [0.05, 0.1) is 0 Å². The van der Waals surface area contributed by atoms with Gasteiger partial charge in [-0.2, -0.15) is 0 Å². The van der Waals surface area contributed by atoms with Crippen LogP contribution in [0.3, 0.4) is 0 Å². The second kappa shape index (κ2) is 10.2. The number of fused-ring (bicyclic) bond motifs is 3. The van der Waals surface area contributed by atoms with E-state index in [2.05, 4.69) is 78.9 Å². The first-order chi connectivity index (χ1) is 10.9. The van der Waals surface area contributed by atoms with Crippen LogP contribution in [0.1, 0.15) is 28.6 Å². The van der Waals surface area contributed by atoms with Crippen molar-refractivity contribution < 1.29 is 48.0 Å². The van der Waals surface area contributed by atoms with Gasteiger partial charge < -0.3 is 24.8 Å². The Hall–Kier alpha value is -0.877. The second-order valence-electron chi connectivity index (χ2n) is 5.12. The Morgan fingerprint density at radius 1 is 0.583 bits per heavy atom. The Kier molecular flexibility index (Phi) is 8.99. The molecule has 3 heteroatoms. The zero-order chi connectivity index (χ0) is 15.4. The third-order valence-corrected chi connectivity index (χ3v) is 7.80. The van der Waals surface area contributed by atoms with Crippen LogP contribution in [0, 0.1) is 0 Å². The zero-order valence-corrected chi connectivity index (χ0v) is 17.8. The monoisotopic (exact) mass is 432 g/mol. The number of hydrogen-bond donors (Lipinski definition) is 0. The van der Waals surface area contributed by atoms with E-state index in [0.29, 0.717) is 3.63 Å². The normalized spacial score (nSPS) is 10.8. The van der Waals surface area contributed by atoms with Gasteiger partial charge in [0.15, 0.2) is 0 Å². The molecule has 4 rings (SSSR count). The summed E-state index contributed by atoms with van der Waals surface area (Å²) in [5.74, 6) is 0. The fraction of sp³-hybridized carbons (Fsp3) is 0.143. The van der Waals surface area contributed by atoms with Gasteiger partial charge in [0.25, 0.3) is 0 Å². The van der Waals surface area contributed by atoms with Crippen LogP contribution in [-0.2, 0) is 23.2 Å². The molecular formula is C21H20Cl2Zr. The van der Waals surface area contributed by atoms with Gasteiger partial charge in [-0.1, -0.05) is 13.8 Å². The van der Waals surface area contributed by atoms with E-state index in [-0.39, 0.29) is 24.8 Å². The van der Waals surface area contributed by atoms with E-state index >= 15 is 0 Å². The molecule has 1 aliphatic carbocycles. The minimum absolute atomic E-state index is 0. The van der Waals surface area contributed by atoms with E-state index in [1.165, 1.54) is 11.1 Å². The number of hydrogen-bond acceptors (Lipinski definition) is 0. The molecule has 0 radical (unpaired) electrons. The number of halogens is 2. The molecular weight excluding hydrogens is 414 g/mol. The summed E-state index contributed by atoms with van der Waals surface area (Å²) < 4.78 is 2.24. The predicted molar refractivity (Wildman–Crippen MR) is 91.1 cm³/mol. The summed E-state index contributed by atoms with van der Waals surface area (Å²) >= 11 is -0.673. The average Bonchev–Trinajstić information content (AvgIpc) is 2.92. The van der Waals surface area contributed by atoms with Crippen LogP contribution in [-0.4, -0.2) is 0 Å². The Bertz CT molecular complexity index is 711. The van der Waals surface area contributed by atoms with Gasteiger partial charge >= 0.3 is 131 Å². The van der Waals surface area contributed by atoms with Crippen LogP contribution in [0.5, 0.6) is 0 Å². The molecule has 0 heterocycles. The first kappa shape index (κ1) is 21.2. The van der Waals surface area contributed by atoms with E-state index in [1.54, 1.807) is 14.4 Å². The molecule has 0 amide bonds. The molecule has 1 aliphatic rings. The van der Waals surface area contributed by atoms with Crippen molar-refractivity contribution in [1.29, 1.82) is 0 Å². The second-order valence-corrected chi connectivity index (χ2v) is 8.67. The Labute approximate surface area is 169 Å². The van der Waals surface area contributed by atoms with Crippen molar-refractivity contribution in [3.63, 3.8) is 0 Å². The van der Waals surface area contributed by atoms with Crippen LogP contribution in [0.15, 0.2) is 78.9 Å². The molecule has 0 saturated heterocycles. The van der Waals surface area contributed by atoms with Crippen molar-refractivity contribution >= 4 is 3.27 Å². The van der Waals surface area contributed by atoms with Gasteiger partial charge in [0, 0.05) is 0 Å². The quantitative estimate of drug-likeness (QED) is 0.496. The Morgan fingerprint density at radius 2 is 1.00 bits per heavy atom. The maximum atomic E-state index is 2.32. The first-order valence-electron chi connectivity index (χ1n) is 7.93. The minimum atomic E-state index is -0.673. The number of benzene rings is 3. The molecule has 0 unspecified atom stereocenters. The average molecular weight is 435 g/mol. The Balaban J connectivity index is 0.000000695. The van der Waals surface area contributed by atoms with Crippen LogP contribution in [0.25, 0.3) is 11.1 Å². The standard InChI is InChI=1S/C13H9.C6H5.C2H6.2ClH.Zr/c1-3-7-12-10(5-1)9-11-6-2-4-8-13(11)12;1-2-4-6-5-3-1;1-2;;;/h1-9H;1-5H;1-2H3;2*1H;/q;;;;;+2/p-2. The fourth-order valence-electron chi connectivity index (χ4n) is 3.01. The van der Waals surface area contributed by atoms with E-state index in [9.17, 15) is 0 Å². The number of rotatable bonds is 2. The van der Waals surface area contributed by atoms with Crippen molar-refractivity contribution in [2.75, 3.05) is 0 Å². The molecule has 0 fully saturated rings. The van der Waals surface area contributed by atoms with Gasteiger partial charge in [-0.15, -0.1) is 0 Å².